The Morgan fingerprint density at radius 3 is 2.50 bits per heavy atom. The molecule has 58 valence electrons. The van der Waals surface area contributed by atoms with Gasteiger partial charge in [0.1, 0.15) is 0 Å². The van der Waals surface area contributed by atoms with Gasteiger partial charge in [-0.25, -0.2) is 0 Å². The van der Waals surface area contributed by atoms with Crippen LogP contribution in [0.3, 0.4) is 0 Å². The molecule has 10 heavy (non-hydrogen) atoms. The summed E-state index contributed by atoms with van der Waals surface area (Å²) < 4.78 is 0. The molecule has 0 aliphatic carbocycles. The van der Waals surface area contributed by atoms with E-state index >= 15 is 0 Å². The van der Waals surface area contributed by atoms with Gasteiger partial charge in [-0.15, -0.1) is 0 Å². The summed E-state index contributed by atoms with van der Waals surface area (Å²) in [5.41, 5.74) is 1.50. The minimum atomic E-state index is 1.22. The van der Waals surface area contributed by atoms with Crippen molar-refractivity contribution in [2.45, 2.75) is 40.0 Å². The van der Waals surface area contributed by atoms with Crippen molar-refractivity contribution in [3.05, 3.63) is 23.8 Å². The van der Waals surface area contributed by atoms with Crippen LogP contribution in [0, 0.1) is 0 Å². The standard InChI is InChI=1S/C10H18/c1-4-6-7-8-9-10(3)5-2/h4-6H,7-9H2,1-3H3/b6-4+,10-5?. The molecule has 0 rings (SSSR count). The van der Waals surface area contributed by atoms with Crippen LogP contribution in [-0.2, 0) is 0 Å². The SMILES string of the molecule is CC=C(C)CCC/C=C/C. The van der Waals surface area contributed by atoms with Gasteiger partial charge in [0.05, 0.1) is 0 Å². The fraction of sp³-hybridized carbons (Fsp3) is 0.600. The molecule has 0 radical (unpaired) electrons. The van der Waals surface area contributed by atoms with Crippen LogP contribution in [0.2, 0.25) is 0 Å². The average Bonchev–Trinajstić information content (AvgIpc) is 1.98. The zero-order chi connectivity index (χ0) is 7.82. The molecule has 0 aromatic rings. The lowest BCUT2D eigenvalue weighted by Gasteiger charge is -1.95. The van der Waals surface area contributed by atoms with E-state index in [2.05, 4.69) is 39.0 Å². The zero-order valence-corrected chi connectivity index (χ0v) is 7.35. The third-order valence-corrected chi connectivity index (χ3v) is 1.67. The Kier molecular flexibility index (Phi) is 6.25. The van der Waals surface area contributed by atoms with E-state index in [-0.39, 0.29) is 0 Å². The van der Waals surface area contributed by atoms with E-state index in [1.54, 1.807) is 0 Å². The van der Waals surface area contributed by atoms with Crippen LogP contribution in [0.1, 0.15) is 40.0 Å². The molecule has 0 nitrogen and oxygen atoms in total. The van der Waals surface area contributed by atoms with Crippen LogP contribution in [0.5, 0.6) is 0 Å². The molecule has 0 aromatic carbocycles. The van der Waals surface area contributed by atoms with Gasteiger partial charge >= 0.3 is 0 Å². The van der Waals surface area contributed by atoms with Crippen molar-refractivity contribution in [2.24, 2.45) is 0 Å². The minimum Gasteiger partial charge on any atom is -0.0917 e. The van der Waals surface area contributed by atoms with Gasteiger partial charge in [0, 0.05) is 0 Å². The summed E-state index contributed by atoms with van der Waals surface area (Å²) in [5.74, 6) is 0. The van der Waals surface area contributed by atoms with Crippen LogP contribution < -0.4 is 0 Å². The first-order chi connectivity index (χ1) is 4.81. The van der Waals surface area contributed by atoms with Crippen molar-refractivity contribution in [1.82, 2.24) is 0 Å². The van der Waals surface area contributed by atoms with Gasteiger partial charge in [0.15, 0.2) is 0 Å². The molecule has 0 aromatic heterocycles. The molecule has 0 fully saturated rings. The van der Waals surface area contributed by atoms with Gasteiger partial charge in [-0.3, -0.25) is 0 Å². The molecule has 0 N–H and O–H groups in total. The third-order valence-electron chi connectivity index (χ3n) is 1.67. The number of unbranched alkanes of at least 4 members (excludes halogenated alkanes) is 1. The fourth-order valence-electron chi connectivity index (χ4n) is 0.810. The molecule has 0 unspecified atom stereocenters. The maximum Gasteiger partial charge on any atom is -0.0320 e. The van der Waals surface area contributed by atoms with Gasteiger partial charge in [-0.2, -0.15) is 0 Å². The summed E-state index contributed by atoms with van der Waals surface area (Å²) in [6, 6.07) is 0. The van der Waals surface area contributed by atoms with E-state index in [0.29, 0.717) is 0 Å². The van der Waals surface area contributed by atoms with Gasteiger partial charge < -0.3 is 0 Å². The summed E-state index contributed by atoms with van der Waals surface area (Å²) in [6.07, 6.45) is 10.3. The second kappa shape index (κ2) is 6.60. The molecule has 0 saturated heterocycles. The third kappa shape index (κ3) is 5.61. The largest absolute Gasteiger partial charge is 0.0917 e. The van der Waals surface area contributed by atoms with Gasteiger partial charge in [0.2, 0.25) is 0 Å². The van der Waals surface area contributed by atoms with Gasteiger partial charge in [-0.1, -0.05) is 23.8 Å². The number of hydrogen-bond acceptors (Lipinski definition) is 0. The molecular formula is C10H18. The average molecular weight is 138 g/mol. The van der Waals surface area contributed by atoms with Crippen molar-refractivity contribution >= 4 is 0 Å². The van der Waals surface area contributed by atoms with Crippen molar-refractivity contribution in [2.75, 3.05) is 0 Å². The normalized spacial score (nSPS) is 12.9. The molecule has 0 spiro atoms. The summed E-state index contributed by atoms with van der Waals surface area (Å²) in [7, 11) is 0. The van der Waals surface area contributed by atoms with Crippen molar-refractivity contribution in [3.63, 3.8) is 0 Å². The lowest BCUT2D eigenvalue weighted by atomic mass is 10.1. The molecule has 0 aliphatic heterocycles. The molecule has 0 bridgehead atoms. The van der Waals surface area contributed by atoms with Crippen LogP contribution >= 0.6 is 0 Å². The summed E-state index contributed by atoms with van der Waals surface area (Å²) in [4.78, 5) is 0. The van der Waals surface area contributed by atoms with E-state index in [0.717, 1.165) is 0 Å². The number of allylic oxidation sites excluding steroid dienone is 4. The first-order valence-electron chi connectivity index (χ1n) is 4.04. The van der Waals surface area contributed by atoms with Crippen LogP contribution in [-0.4, -0.2) is 0 Å². The molecule has 0 heteroatoms. The van der Waals surface area contributed by atoms with E-state index in [1.807, 2.05) is 0 Å². The van der Waals surface area contributed by atoms with Crippen molar-refractivity contribution in [1.29, 1.82) is 0 Å². The van der Waals surface area contributed by atoms with Crippen LogP contribution in [0.15, 0.2) is 23.8 Å². The highest BCUT2D eigenvalue weighted by atomic mass is 13.9. The fourth-order valence-corrected chi connectivity index (χ4v) is 0.810. The van der Waals surface area contributed by atoms with Gasteiger partial charge in [-0.05, 0) is 40.0 Å². The molecule has 0 heterocycles. The minimum absolute atomic E-state index is 1.22. The van der Waals surface area contributed by atoms with E-state index < -0.39 is 0 Å². The Hall–Kier alpha value is -0.520. The maximum absolute atomic E-state index is 2.23. The topological polar surface area (TPSA) is 0 Å². The highest BCUT2D eigenvalue weighted by Gasteiger charge is 1.85. The van der Waals surface area contributed by atoms with E-state index in [4.69, 9.17) is 0 Å². The Labute approximate surface area is 64.6 Å². The molecule has 0 amide bonds. The molecular weight excluding hydrogens is 120 g/mol. The second-order valence-electron chi connectivity index (χ2n) is 2.60. The Morgan fingerprint density at radius 2 is 2.00 bits per heavy atom. The molecule has 0 saturated carbocycles. The van der Waals surface area contributed by atoms with E-state index in [9.17, 15) is 0 Å². The van der Waals surface area contributed by atoms with Crippen LogP contribution in [0.4, 0.5) is 0 Å². The zero-order valence-electron chi connectivity index (χ0n) is 7.35. The Bertz CT molecular complexity index is 118. The summed E-state index contributed by atoms with van der Waals surface area (Å²) >= 11 is 0. The quantitative estimate of drug-likeness (QED) is 0.410. The van der Waals surface area contributed by atoms with E-state index in [1.165, 1.54) is 24.8 Å². The number of hydrogen-bond donors (Lipinski definition) is 0. The molecule has 0 atom stereocenters. The summed E-state index contributed by atoms with van der Waals surface area (Å²) in [6.45, 7) is 6.36. The highest BCUT2D eigenvalue weighted by molar-refractivity contribution is 4.95. The Balaban J connectivity index is 3.20. The summed E-state index contributed by atoms with van der Waals surface area (Å²) in [5, 5.41) is 0. The monoisotopic (exact) mass is 138 g/mol. The second-order valence-corrected chi connectivity index (χ2v) is 2.60. The first-order valence-corrected chi connectivity index (χ1v) is 4.04. The lowest BCUT2D eigenvalue weighted by molar-refractivity contribution is 0.830. The molecule has 0 aliphatic rings. The van der Waals surface area contributed by atoms with Crippen LogP contribution in [0.25, 0.3) is 0 Å². The Morgan fingerprint density at radius 1 is 1.30 bits per heavy atom. The highest BCUT2D eigenvalue weighted by Crippen LogP contribution is 2.05. The van der Waals surface area contributed by atoms with Crippen molar-refractivity contribution < 1.29 is 0 Å². The number of rotatable bonds is 4. The van der Waals surface area contributed by atoms with Crippen molar-refractivity contribution in [3.8, 4) is 0 Å². The smallest absolute Gasteiger partial charge is 0.0320 e. The maximum atomic E-state index is 2.23. The predicted octanol–water partition coefficient (Wildman–Crippen LogP) is 3.70. The lowest BCUT2D eigenvalue weighted by Crippen LogP contribution is -1.75. The van der Waals surface area contributed by atoms with Gasteiger partial charge in [0.25, 0.3) is 0 Å². The predicted molar refractivity (Wildman–Crippen MR) is 48.1 cm³/mol. The first kappa shape index (κ1) is 9.48.